The van der Waals surface area contributed by atoms with Gasteiger partial charge in [-0.1, -0.05) is 32.9 Å². The Labute approximate surface area is 250 Å². The zero-order chi connectivity index (χ0) is 32.7. The number of aldehydes is 1. The number of nitrogens with zero attached hydrogens (tertiary/aromatic N) is 2. The highest BCUT2D eigenvalue weighted by atomic mass is 16.5. The molecule has 3 rings (SSSR count). The van der Waals surface area contributed by atoms with Gasteiger partial charge in [-0.15, -0.1) is 0 Å². The van der Waals surface area contributed by atoms with Crippen molar-refractivity contribution in [3.63, 3.8) is 0 Å². The molecule has 43 heavy (non-hydrogen) atoms. The van der Waals surface area contributed by atoms with Crippen LogP contribution in [0.4, 0.5) is 11.4 Å². The summed E-state index contributed by atoms with van der Waals surface area (Å²) < 4.78 is 5.34. The van der Waals surface area contributed by atoms with Gasteiger partial charge in [-0.3, -0.25) is 28.9 Å². The number of anilines is 2. The number of aryl methyl sites for hydroxylation is 2. The number of aliphatic carboxylic acids is 1. The van der Waals surface area contributed by atoms with Crippen LogP contribution < -0.4 is 25.2 Å². The lowest BCUT2D eigenvalue weighted by molar-refractivity contribution is -0.136. The van der Waals surface area contributed by atoms with E-state index in [-0.39, 0.29) is 30.8 Å². The third-order valence-electron chi connectivity index (χ3n) is 6.05. The van der Waals surface area contributed by atoms with Gasteiger partial charge >= 0.3 is 5.97 Å². The van der Waals surface area contributed by atoms with E-state index >= 15 is 0 Å². The molecule has 1 heterocycles. The van der Waals surface area contributed by atoms with Gasteiger partial charge in [0.05, 0.1) is 31.6 Å². The first kappa shape index (κ1) is 36.2. The van der Waals surface area contributed by atoms with Crippen molar-refractivity contribution in [3.8, 4) is 5.75 Å². The highest BCUT2D eigenvalue weighted by Gasteiger charge is 2.37. The molecule has 4 N–H and O–H groups in total. The van der Waals surface area contributed by atoms with Crippen molar-refractivity contribution in [1.82, 2.24) is 10.6 Å². The fourth-order valence-corrected chi connectivity index (χ4v) is 4.18. The Balaban J connectivity index is 0.00000120. The lowest BCUT2D eigenvalue weighted by Gasteiger charge is -2.25. The van der Waals surface area contributed by atoms with Crippen LogP contribution in [-0.2, 0) is 24.0 Å². The van der Waals surface area contributed by atoms with Crippen LogP contribution in [0.25, 0.3) is 0 Å². The molecule has 0 saturated heterocycles. The first-order valence-electron chi connectivity index (χ1n) is 13.7. The van der Waals surface area contributed by atoms with Crippen molar-refractivity contribution < 1.29 is 43.7 Å². The van der Waals surface area contributed by atoms with Crippen LogP contribution in [0.3, 0.4) is 0 Å². The van der Waals surface area contributed by atoms with Gasteiger partial charge in [-0.25, -0.2) is 0 Å². The normalized spacial score (nSPS) is 13.6. The van der Waals surface area contributed by atoms with Gasteiger partial charge in [-0.2, -0.15) is 0 Å². The van der Waals surface area contributed by atoms with E-state index in [1.165, 1.54) is 12.0 Å². The molecule has 0 aliphatic carbocycles. The number of amides is 4. The first-order valence-corrected chi connectivity index (χ1v) is 13.7. The SMILES string of the molecule is CC.CCC(=O)O.COc1c(C)cc(C(=O)NC2CN(C(=O)CO)c3ccccc3N(CC(=O)NCC=O)C2=O)cc1C. The molecule has 13 heteroatoms. The van der Waals surface area contributed by atoms with E-state index in [9.17, 15) is 33.9 Å². The van der Waals surface area contributed by atoms with Crippen molar-refractivity contribution in [2.24, 2.45) is 0 Å². The number of fused-ring (bicyclic) bond motifs is 1. The summed E-state index contributed by atoms with van der Waals surface area (Å²) in [5, 5.41) is 22.3. The number of ether oxygens (including phenoxy) is 1. The number of carboxylic acids is 1. The predicted molar refractivity (Wildman–Crippen MR) is 160 cm³/mol. The molecule has 1 atom stereocenters. The van der Waals surface area contributed by atoms with Crippen molar-refractivity contribution in [3.05, 3.63) is 53.1 Å². The number of hydrogen-bond donors (Lipinski definition) is 4. The summed E-state index contributed by atoms with van der Waals surface area (Å²) in [6.45, 7) is 7.42. The largest absolute Gasteiger partial charge is 0.496 e. The Kier molecular flexibility index (Phi) is 15.1. The fraction of sp³-hybridized carbons (Fsp3) is 0.400. The number of aliphatic hydroxyl groups excluding tert-OH is 1. The van der Waals surface area contributed by atoms with Crippen LogP contribution in [0.15, 0.2) is 36.4 Å². The van der Waals surface area contributed by atoms with Gasteiger partial charge < -0.3 is 35.3 Å². The minimum Gasteiger partial charge on any atom is -0.496 e. The van der Waals surface area contributed by atoms with Crippen molar-refractivity contribution in [2.75, 3.05) is 43.2 Å². The maximum atomic E-state index is 13.6. The van der Waals surface area contributed by atoms with Crippen molar-refractivity contribution in [1.29, 1.82) is 0 Å². The number of carboxylic acid groups (broad SMARTS) is 1. The number of nitrogens with one attached hydrogen (secondary N) is 2. The van der Waals surface area contributed by atoms with Crippen LogP contribution in [0, 0.1) is 13.8 Å². The molecule has 1 aliphatic heterocycles. The summed E-state index contributed by atoms with van der Waals surface area (Å²) in [6, 6.07) is 8.42. The van der Waals surface area contributed by atoms with E-state index in [0.717, 1.165) is 16.0 Å². The molecule has 0 radical (unpaired) electrons. The molecule has 2 aromatic rings. The molecule has 2 aromatic carbocycles. The van der Waals surface area contributed by atoms with E-state index in [4.69, 9.17) is 9.84 Å². The summed E-state index contributed by atoms with van der Waals surface area (Å²) in [5.74, 6) is -2.58. The molecule has 0 aromatic heterocycles. The third-order valence-corrected chi connectivity index (χ3v) is 6.05. The van der Waals surface area contributed by atoms with Crippen molar-refractivity contribution >= 4 is 47.3 Å². The molecule has 1 aliphatic rings. The molecule has 0 bridgehead atoms. The van der Waals surface area contributed by atoms with Gasteiger partial charge in [0.2, 0.25) is 5.91 Å². The molecule has 234 valence electrons. The van der Waals surface area contributed by atoms with Crippen LogP contribution in [0.2, 0.25) is 0 Å². The Bertz CT molecular complexity index is 1290. The van der Waals surface area contributed by atoms with Gasteiger partial charge in [0, 0.05) is 12.0 Å². The number of rotatable bonds is 9. The van der Waals surface area contributed by atoms with E-state index < -0.39 is 48.8 Å². The molecule has 0 fully saturated rings. The number of aliphatic hydroxyl groups is 1. The number of carbonyl (C=O) groups excluding carboxylic acids is 5. The maximum absolute atomic E-state index is 13.6. The first-order chi connectivity index (χ1) is 20.5. The molecule has 13 nitrogen and oxygen atoms in total. The zero-order valence-corrected chi connectivity index (χ0v) is 25.3. The van der Waals surface area contributed by atoms with Crippen LogP contribution in [0.5, 0.6) is 5.75 Å². The summed E-state index contributed by atoms with van der Waals surface area (Å²) in [7, 11) is 1.53. The topological polar surface area (TPSA) is 183 Å². The van der Waals surface area contributed by atoms with E-state index in [1.54, 1.807) is 57.2 Å². The van der Waals surface area contributed by atoms with Crippen molar-refractivity contribution in [2.45, 2.75) is 47.1 Å². The van der Waals surface area contributed by atoms with Gasteiger partial charge in [0.1, 0.15) is 31.2 Å². The van der Waals surface area contributed by atoms with Crippen LogP contribution >= 0.6 is 0 Å². The smallest absolute Gasteiger partial charge is 0.303 e. The number of carbonyl (C=O) groups is 6. The predicted octanol–water partition coefficient (Wildman–Crippen LogP) is 1.60. The average molecular weight is 601 g/mol. The molecule has 0 saturated carbocycles. The molecule has 0 spiro atoms. The molecule has 1 unspecified atom stereocenters. The van der Waals surface area contributed by atoms with Gasteiger partial charge in [-0.05, 0) is 49.2 Å². The second-order valence-electron chi connectivity index (χ2n) is 8.96. The Morgan fingerprint density at radius 3 is 2.12 bits per heavy atom. The highest BCUT2D eigenvalue weighted by molar-refractivity contribution is 6.11. The maximum Gasteiger partial charge on any atom is 0.303 e. The summed E-state index contributed by atoms with van der Waals surface area (Å²) in [6.07, 6.45) is 0.736. The monoisotopic (exact) mass is 600 g/mol. The Morgan fingerprint density at radius 1 is 1.07 bits per heavy atom. The molecular weight excluding hydrogens is 560 g/mol. The standard InChI is InChI=1S/C25H28N4O7.C3H6O2.C2H6/c1-15-10-17(11-16(2)23(15)36-3)24(34)27-18-12-28(22(33)14-31)19-6-4-5-7-20(19)29(25(18)35)13-21(32)26-8-9-30;1-2-3(4)5;1-2/h4-7,9-11,18,31H,8,12-14H2,1-3H3,(H,26,32)(H,27,34);2H2,1H3,(H,4,5);1-2H3. The second kappa shape index (κ2) is 17.9. The van der Waals surface area contributed by atoms with Gasteiger partial charge in [0.15, 0.2) is 0 Å². The lowest BCUT2D eigenvalue weighted by atomic mass is 10.0. The molecular formula is C30H40N4O9. The number of benzene rings is 2. The minimum absolute atomic E-state index is 0.222. The van der Waals surface area contributed by atoms with Crippen LogP contribution in [-0.4, -0.2) is 85.5 Å². The van der Waals surface area contributed by atoms with E-state index in [1.807, 2.05) is 13.8 Å². The average Bonchev–Trinajstić information content (AvgIpc) is 3.11. The molecule has 4 amide bonds. The Morgan fingerprint density at radius 2 is 1.63 bits per heavy atom. The lowest BCUT2D eigenvalue weighted by Crippen LogP contribution is -2.54. The summed E-state index contributed by atoms with van der Waals surface area (Å²) in [5.41, 5.74) is 2.29. The van der Waals surface area contributed by atoms with Gasteiger partial charge in [0.25, 0.3) is 17.7 Å². The van der Waals surface area contributed by atoms with E-state index in [2.05, 4.69) is 10.6 Å². The third kappa shape index (κ3) is 9.92. The fourth-order valence-electron chi connectivity index (χ4n) is 4.18. The minimum atomic E-state index is -1.23. The number of para-hydroxylation sites is 2. The second-order valence-corrected chi connectivity index (χ2v) is 8.96. The quantitative estimate of drug-likeness (QED) is 0.311. The zero-order valence-electron chi connectivity index (χ0n) is 25.3. The summed E-state index contributed by atoms with van der Waals surface area (Å²) >= 11 is 0. The number of hydrogen-bond acceptors (Lipinski definition) is 8. The highest BCUT2D eigenvalue weighted by Crippen LogP contribution is 2.33. The number of methoxy groups -OCH3 is 1. The van der Waals surface area contributed by atoms with Crippen LogP contribution in [0.1, 0.15) is 48.7 Å². The van der Waals surface area contributed by atoms with E-state index in [0.29, 0.717) is 17.7 Å². The summed E-state index contributed by atoms with van der Waals surface area (Å²) in [4.78, 5) is 74.2. The Hall–Kier alpha value is -4.78.